The van der Waals surface area contributed by atoms with Gasteiger partial charge in [-0.3, -0.25) is 14.5 Å². The van der Waals surface area contributed by atoms with Crippen LogP contribution >= 0.6 is 27.5 Å². The van der Waals surface area contributed by atoms with Crippen molar-refractivity contribution in [2.75, 3.05) is 4.90 Å². The molecule has 1 amide bonds. The van der Waals surface area contributed by atoms with Gasteiger partial charge in [-0.1, -0.05) is 33.6 Å². The fourth-order valence-corrected chi connectivity index (χ4v) is 3.14. The lowest BCUT2D eigenvalue weighted by Gasteiger charge is -2.18. The molecule has 1 aliphatic rings. The van der Waals surface area contributed by atoms with Crippen molar-refractivity contribution in [1.29, 1.82) is 0 Å². The fraction of sp³-hybridized carbons (Fsp3) is 0.0667. The summed E-state index contributed by atoms with van der Waals surface area (Å²) in [5, 5.41) is 0.321. The van der Waals surface area contributed by atoms with Crippen LogP contribution in [0.4, 0.5) is 10.1 Å². The normalized spacial score (nSPS) is 13.8. The van der Waals surface area contributed by atoms with Crippen molar-refractivity contribution < 1.29 is 14.0 Å². The standard InChI is InChI=1S/C15H8BrClFNO2/c16-9-4-8(5-10(18)6-9)7-19-13-11(14(20)15(19)21)2-1-3-12(13)17/h1-6H,7H2. The van der Waals surface area contributed by atoms with E-state index in [1.165, 1.54) is 17.0 Å². The lowest BCUT2D eigenvalue weighted by atomic mass is 10.1. The van der Waals surface area contributed by atoms with Crippen LogP contribution in [0.25, 0.3) is 0 Å². The molecular weight excluding hydrogens is 361 g/mol. The van der Waals surface area contributed by atoms with Gasteiger partial charge in [-0.2, -0.15) is 0 Å². The molecular formula is C15H8BrClFNO2. The van der Waals surface area contributed by atoms with Gasteiger partial charge in [-0.05, 0) is 35.9 Å². The lowest BCUT2D eigenvalue weighted by molar-refractivity contribution is -0.114. The number of carbonyl (C=O) groups excluding carboxylic acids is 2. The summed E-state index contributed by atoms with van der Waals surface area (Å²) in [6.45, 7) is 0.0810. The van der Waals surface area contributed by atoms with E-state index in [9.17, 15) is 14.0 Å². The van der Waals surface area contributed by atoms with Crippen molar-refractivity contribution in [2.24, 2.45) is 0 Å². The first kappa shape index (κ1) is 14.2. The second-order valence-corrected chi connectivity index (χ2v) is 5.96. The van der Waals surface area contributed by atoms with Crippen LogP contribution in [0.3, 0.4) is 0 Å². The first-order valence-electron chi connectivity index (χ1n) is 6.07. The highest BCUT2D eigenvalue weighted by atomic mass is 79.9. The van der Waals surface area contributed by atoms with E-state index < -0.39 is 17.5 Å². The summed E-state index contributed by atoms with van der Waals surface area (Å²) in [5.41, 5.74) is 1.23. The van der Waals surface area contributed by atoms with E-state index in [4.69, 9.17) is 11.6 Å². The number of hydrogen-bond donors (Lipinski definition) is 0. The molecule has 0 aromatic heterocycles. The van der Waals surface area contributed by atoms with Gasteiger partial charge in [0.2, 0.25) is 0 Å². The fourth-order valence-electron chi connectivity index (χ4n) is 2.35. The molecule has 0 radical (unpaired) electrons. The quantitative estimate of drug-likeness (QED) is 0.752. The number of Topliss-reactive ketones (excluding diaryl/α,β-unsaturated/α-hetero) is 1. The number of halogens is 3. The number of rotatable bonds is 2. The van der Waals surface area contributed by atoms with Gasteiger partial charge in [-0.25, -0.2) is 4.39 Å². The molecule has 106 valence electrons. The van der Waals surface area contributed by atoms with Gasteiger partial charge in [0.25, 0.3) is 11.7 Å². The van der Waals surface area contributed by atoms with E-state index in [-0.39, 0.29) is 12.1 Å². The molecule has 0 unspecified atom stereocenters. The Labute approximate surface area is 133 Å². The third-order valence-electron chi connectivity index (χ3n) is 3.20. The van der Waals surface area contributed by atoms with E-state index in [1.54, 1.807) is 24.3 Å². The van der Waals surface area contributed by atoms with E-state index >= 15 is 0 Å². The summed E-state index contributed by atoms with van der Waals surface area (Å²) in [6, 6.07) is 9.12. The van der Waals surface area contributed by atoms with Crippen molar-refractivity contribution >= 4 is 44.9 Å². The third-order valence-corrected chi connectivity index (χ3v) is 3.97. The van der Waals surface area contributed by atoms with Crippen molar-refractivity contribution in [1.82, 2.24) is 0 Å². The summed E-state index contributed by atoms with van der Waals surface area (Å²) in [5.74, 6) is -1.67. The molecule has 21 heavy (non-hydrogen) atoms. The predicted molar refractivity (Wildman–Crippen MR) is 81.1 cm³/mol. The molecule has 1 aliphatic heterocycles. The number of amides is 1. The minimum atomic E-state index is -0.654. The monoisotopic (exact) mass is 367 g/mol. The average Bonchev–Trinajstić information content (AvgIpc) is 2.64. The topological polar surface area (TPSA) is 37.4 Å². The molecule has 1 heterocycles. The molecule has 3 rings (SSSR count). The predicted octanol–water partition coefficient (Wildman–Crippen LogP) is 3.97. The van der Waals surface area contributed by atoms with Gasteiger partial charge in [-0.15, -0.1) is 0 Å². The van der Waals surface area contributed by atoms with Crippen molar-refractivity contribution in [2.45, 2.75) is 6.54 Å². The van der Waals surface area contributed by atoms with E-state index in [2.05, 4.69) is 15.9 Å². The molecule has 0 aliphatic carbocycles. The first-order chi connectivity index (χ1) is 9.97. The molecule has 0 spiro atoms. The zero-order chi connectivity index (χ0) is 15.1. The summed E-state index contributed by atoms with van der Waals surface area (Å²) >= 11 is 9.29. The van der Waals surface area contributed by atoms with Crippen molar-refractivity contribution in [3.05, 3.63) is 62.8 Å². The van der Waals surface area contributed by atoms with Gasteiger partial charge in [0, 0.05) is 4.47 Å². The zero-order valence-corrected chi connectivity index (χ0v) is 12.9. The van der Waals surface area contributed by atoms with Crippen LogP contribution in [0.2, 0.25) is 5.02 Å². The number of anilines is 1. The van der Waals surface area contributed by atoms with Crippen molar-refractivity contribution in [3.63, 3.8) is 0 Å². The van der Waals surface area contributed by atoms with E-state index in [0.29, 0.717) is 20.7 Å². The molecule has 0 fully saturated rings. The van der Waals surface area contributed by atoms with Crippen LogP contribution in [-0.2, 0) is 11.3 Å². The molecule has 2 aromatic rings. The maximum Gasteiger partial charge on any atom is 0.299 e. The number of benzene rings is 2. The minimum absolute atomic E-state index is 0.0810. The van der Waals surface area contributed by atoms with Crippen LogP contribution in [0.5, 0.6) is 0 Å². The second-order valence-electron chi connectivity index (χ2n) is 4.63. The number of carbonyl (C=O) groups is 2. The number of hydrogen-bond acceptors (Lipinski definition) is 2. The highest BCUT2D eigenvalue weighted by Crippen LogP contribution is 2.36. The number of para-hydroxylation sites is 1. The molecule has 6 heteroatoms. The maximum absolute atomic E-state index is 13.4. The van der Waals surface area contributed by atoms with Crippen LogP contribution in [0.1, 0.15) is 15.9 Å². The van der Waals surface area contributed by atoms with Crippen LogP contribution in [0.15, 0.2) is 40.9 Å². The van der Waals surface area contributed by atoms with Crippen LogP contribution in [-0.4, -0.2) is 11.7 Å². The average molecular weight is 369 g/mol. The Morgan fingerprint density at radius 3 is 2.67 bits per heavy atom. The van der Waals surface area contributed by atoms with E-state index in [0.717, 1.165) is 0 Å². The molecule has 0 saturated heterocycles. The highest BCUT2D eigenvalue weighted by molar-refractivity contribution is 9.10. The summed E-state index contributed by atoms with van der Waals surface area (Å²) < 4.78 is 14.0. The third kappa shape index (κ3) is 2.47. The Hall–Kier alpha value is -1.72. The summed E-state index contributed by atoms with van der Waals surface area (Å²) in [7, 11) is 0. The summed E-state index contributed by atoms with van der Waals surface area (Å²) in [4.78, 5) is 25.3. The Kier molecular flexibility index (Phi) is 3.55. The zero-order valence-electron chi connectivity index (χ0n) is 10.6. The van der Waals surface area contributed by atoms with Gasteiger partial charge in [0.15, 0.2) is 0 Å². The maximum atomic E-state index is 13.4. The van der Waals surface area contributed by atoms with Gasteiger partial charge in [0.1, 0.15) is 5.82 Å². The second kappa shape index (κ2) is 5.24. The number of nitrogens with zero attached hydrogens (tertiary/aromatic N) is 1. The van der Waals surface area contributed by atoms with Crippen LogP contribution in [0, 0.1) is 5.82 Å². The van der Waals surface area contributed by atoms with E-state index in [1.807, 2.05) is 0 Å². The smallest absolute Gasteiger partial charge is 0.299 e. The largest absolute Gasteiger partial charge is 0.299 e. The Morgan fingerprint density at radius 2 is 1.95 bits per heavy atom. The van der Waals surface area contributed by atoms with Gasteiger partial charge < -0.3 is 0 Å². The molecule has 3 nitrogen and oxygen atoms in total. The van der Waals surface area contributed by atoms with Crippen LogP contribution < -0.4 is 4.90 Å². The van der Waals surface area contributed by atoms with Gasteiger partial charge in [0.05, 0.1) is 22.8 Å². The SMILES string of the molecule is O=C1C(=O)N(Cc2cc(F)cc(Br)c2)c2c(Cl)cccc21. The highest BCUT2D eigenvalue weighted by Gasteiger charge is 2.37. The van der Waals surface area contributed by atoms with Gasteiger partial charge >= 0.3 is 0 Å². The van der Waals surface area contributed by atoms with Crippen molar-refractivity contribution in [3.8, 4) is 0 Å². The summed E-state index contributed by atoms with van der Waals surface area (Å²) in [6.07, 6.45) is 0. The number of fused-ring (bicyclic) bond motifs is 1. The Balaban J connectivity index is 2.04. The minimum Gasteiger partial charge on any atom is -0.299 e. The Morgan fingerprint density at radius 1 is 1.19 bits per heavy atom. The molecule has 0 bridgehead atoms. The molecule has 0 atom stereocenters. The molecule has 2 aromatic carbocycles. The lowest BCUT2D eigenvalue weighted by Crippen LogP contribution is -2.29. The molecule has 0 saturated carbocycles. The molecule has 0 N–H and O–H groups in total. The Bertz CT molecular complexity index is 758. The number of ketones is 1. The first-order valence-corrected chi connectivity index (χ1v) is 7.24.